The van der Waals surface area contributed by atoms with Crippen molar-refractivity contribution in [2.45, 2.75) is 27.3 Å². The zero-order valence-electron chi connectivity index (χ0n) is 15.5. The van der Waals surface area contributed by atoms with Crippen molar-refractivity contribution in [2.75, 3.05) is 14.2 Å². The number of amides is 1. The minimum absolute atomic E-state index is 0.372. The number of rotatable bonds is 7. The van der Waals surface area contributed by atoms with Crippen molar-refractivity contribution in [3.63, 3.8) is 0 Å². The maximum atomic E-state index is 12.3. The molecule has 0 fully saturated rings. The molecule has 1 heterocycles. The van der Waals surface area contributed by atoms with E-state index in [1.807, 2.05) is 6.92 Å². The average Bonchev–Trinajstić information content (AvgIpc) is 2.87. The van der Waals surface area contributed by atoms with Crippen LogP contribution in [0.5, 0.6) is 11.5 Å². The summed E-state index contributed by atoms with van der Waals surface area (Å²) in [4.78, 5) is 12.3. The molecule has 7 nitrogen and oxygen atoms in total. The van der Waals surface area contributed by atoms with Crippen molar-refractivity contribution < 1.29 is 14.3 Å². The number of methoxy groups -OCH3 is 2. The second-order valence-corrected chi connectivity index (χ2v) is 6.52. The second-order valence-electron chi connectivity index (χ2n) is 6.17. The lowest BCUT2D eigenvalue weighted by atomic mass is 10.2. The molecule has 1 amide bonds. The van der Waals surface area contributed by atoms with E-state index >= 15 is 0 Å². The first kappa shape index (κ1) is 19.8. The first-order valence-corrected chi connectivity index (χ1v) is 8.52. The average molecular weight is 379 g/mol. The van der Waals surface area contributed by atoms with Crippen LogP contribution in [0, 0.1) is 12.8 Å². The lowest BCUT2D eigenvalue weighted by Crippen LogP contribution is -2.17. The third-order valence-corrected chi connectivity index (χ3v) is 4.02. The van der Waals surface area contributed by atoms with Crippen molar-refractivity contribution in [3.8, 4) is 11.5 Å². The standard InChI is InChI=1S/C18H23ClN4O3/c1-11(2)10-23-17(19)16(12(3)22-23)9-20-21-18(24)13-6-14(25-4)8-15(7-13)26-5/h6-9,11H,10H2,1-5H3,(H,21,24)/b20-9-. The molecule has 2 rings (SSSR count). The van der Waals surface area contributed by atoms with Crippen LogP contribution >= 0.6 is 11.6 Å². The molecule has 1 aromatic carbocycles. The zero-order valence-corrected chi connectivity index (χ0v) is 16.3. The normalized spacial score (nSPS) is 11.2. The van der Waals surface area contributed by atoms with Crippen molar-refractivity contribution in [1.29, 1.82) is 0 Å². The molecule has 8 heteroatoms. The molecule has 0 saturated heterocycles. The van der Waals surface area contributed by atoms with Gasteiger partial charge >= 0.3 is 0 Å². The van der Waals surface area contributed by atoms with E-state index in [4.69, 9.17) is 21.1 Å². The Morgan fingerprint density at radius 1 is 1.31 bits per heavy atom. The fraction of sp³-hybridized carbons (Fsp3) is 0.389. The van der Waals surface area contributed by atoms with Crippen LogP contribution in [0.1, 0.15) is 35.5 Å². The number of aryl methyl sites for hydroxylation is 1. The molecule has 0 radical (unpaired) electrons. The Hall–Kier alpha value is -2.54. The topological polar surface area (TPSA) is 77.7 Å². The highest BCUT2D eigenvalue weighted by Gasteiger charge is 2.13. The summed E-state index contributed by atoms with van der Waals surface area (Å²) >= 11 is 6.35. The maximum absolute atomic E-state index is 12.3. The molecule has 0 aliphatic carbocycles. The van der Waals surface area contributed by atoms with Gasteiger partial charge in [-0.05, 0) is 25.0 Å². The summed E-state index contributed by atoms with van der Waals surface area (Å²) in [5.74, 6) is 1.07. The van der Waals surface area contributed by atoms with E-state index in [-0.39, 0.29) is 5.91 Å². The van der Waals surface area contributed by atoms with Crippen molar-refractivity contribution in [3.05, 3.63) is 40.2 Å². The van der Waals surface area contributed by atoms with Crippen LogP contribution in [0.25, 0.3) is 0 Å². The van der Waals surface area contributed by atoms with E-state index in [0.29, 0.717) is 40.2 Å². The van der Waals surface area contributed by atoms with E-state index in [0.717, 1.165) is 5.69 Å². The lowest BCUT2D eigenvalue weighted by Gasteiger charge is -2.07. The SMILES string of the molecule is COc1cc(OC)cc(C(=O)N/N=C\c2c(C)nn(CC(C)C)c2Cl)c1. The molecule has 0 aliphatic heterocycles. The molecule has 1 aromatic heterocycles. The second kappa shape index (κ2) is 8.71. The highest BCUT2D eigenvalue weighted by molar-refractivity contribution is 6.32. The summed E-state index contributed by atoms with van der Waals surface area (Å²) in [6.07, 6.45) is 1.50. The van der Waals surface area contributed by atoms with Crippen molar-refractivity contribution in [1.82, 2.24) is 15.2 Å². The molecule has 0 bridgehead atoms. The summed E-state index contributed by atoms with van der Waals surface area (Å²) in [6, 6.07) is 4.89. The van der Waals surface area contributed by atoms with Crippen molar-refractivity contribution in [2.24, 2.45) is 11.0 Å². The van der Waals surface area contributed by atoms with Crippen molar-refractivity contribution >= 4 is 23.7 Å². The summed E-state index contributed by atoms with van der Waals surface area (Å²) in [7, 11) is 3.04. The van der Waals surface area contributed by atoms with E-state index in [1.54, 1.807) is 22.9 Å². The van der Waals surface area contributed by atoms with E-state index < -0.39 is 0 Å². The van der Waals surface area contributed by atoms with E-state index in [9.17, 15) is 4.79 Å². The summed E-state index contributed by atoms with van der Waals surface area (Å²) in [5.41, 5.74) is 4.27. The third-order valence-electron chi connectivity index (χ3n) is 3.62. The Balaban J connectivity index is 2.14. The van der Waals surface area contributed by atoms with Gasteiger partial charge in [-0.25, -0.2) is 5.43 Å². The number of aromatic nitrogens is 2. The monoisotopic (exact) mass is 378 g/mol. The summed E-state index contributed by atoms with van der Waals surface area (Å²) in [6.45, 7) is 6.73. The third kappa shape index (κ3) is 4.76. The first-order valence-electron chi connectivity index (χ1n) is 8.15. The smallest absolute Gasteiger partial charge is 0.271 e. The van der Waals surface area contributed by atoms with E-state index in [2.05, 4.69) is 29.5 Å². The Morgan fingerprint density at radius 2 is 1.92 bits per heavy atom. The molecular weight excluding hydrogens is 356 g/mol. The quantitative estimate of drug-likeness (QED) is 0.592. The summed E-state index contributed by atoms with van der Waals surface area (Å²) < 4.78 is 12.1. The Kier molecular flexibility index (Phi) is 6.63. The fourth-order valence-electron chi connectivity index (χ4n) is 2.34. The van der Waals surface area contributed by atoms with Crippen LogP contribution < -0.4 is 14.9 Å². The number of carbonyl (C=O) groups is 1. The Bertz CT molecular complexity index is 793. The van der Waals surface area contributed by atoms with Crippen LogP contribution in [-0.4, -0.2) is 36.1 Å². The predicted molar refractivity (Wildman–Crippen MR) is 101 cm³/mol. The molecule has 0 spiro atoms. The van der Waals surface area contributed by atoms with Gasteiger partial charge < -0.3 is 9.47 Å². The molecule has 0 aliphatic rings. The van der Waals surface area contributed by atoms with Gasteiger partial charge in [0.1, 0.15) is 16.7 Å². The van der Waals surface area contributed by atoms with Crippen LogP contribution in [0.2, 0.25) is 5.15 Å². The number of ether oxygens (including phenoxy) is 2. The molecule has 1 N–H and O–H groups in total. The number of benzene rings is 1. The van der Waals surface area contributed by atoms with Crippen LogP contribution in [-0.2, 0) is 6.54 Å². The molecular formula is C18H23ClN4O3. The minimum Gasteiger partial charge on any atom is -0.497 e. The van der Waals surface area contributed by atoms with Gasteiger partial charge in [-0.15, -0.1) is 0 Å². The van der Waals surface area contributed by atoms with Crippen LogP contribution in [0.4, 0.5) is 0 Å². The largest absolute Gasteiger partial charge is 0.497 e. The molecule has 140 valence electrons. The van der Waals surface area contributed by atoms with Gasteiger partial charge in [0.25, 0.3) is 5.91 Å². The van der Waals surface area contributed by atoms with Gasteiger partial charge in [-0.2, -0.15) is 10.2 Å². The molecule has 26 heavy (non-hydrogen) atoms. The van der Waals surface area contributed by atoms with Gasteiger partial charge in [0.05, 0.1) is 31.7 Å². The first-order chi connectivity index (χ1) is 12.3. The minimum atomic E-state index is -0.387. The fourth-order valence-corrected chi connectivity index (χ4v) is 2.63. The molecule has 2 aromatic rings. The number of nitrogens with zero attached hydrogens (tertiary/aromatic N) is 3. The number of hydrazone groups is 1. The van der Waals surface area contributed by atoms with Crippen LogP contribution in [0.3, 0.4) is 0 Å². The lowest BCUT2D eigenvalue weighted by molar-refractivity contribution is 0.0954. The van der Waals surface area contributed by atoms with Gasteiger partial charge in [-0.1, -0.05) is 25.4 Å². The van der Waals surface area contributed by atoms with Gasteiger partial charge in [-0.3, -0.25) is 9.48 Å². The van der Waals surface area contributed by atoms with E-state index in [1.165, 1.54) is 20.4 Å². The van der Waals surface area contributed by atoms with Crippen LogP contribution in [0.15, 0.2) is 23.3 Å². The highest BCUT2D eigenvalue weighted by atomic mass is 35.5. The van der Waals surface area contributed by atoms with Gasteiger partial charge in [0.2, 0.25) is 0 Å². The maximum Gasteiger partial charge on any atom is 0.271 e. The number of nitrogens with one attached hydrogen (secondary N) is 1. The Labute approximate surface area is 157 Å². The van der Waals surface area contributed by atoms with Gasteiger partial charge in [0.15, 0.2) is 0 Å². The number of halogens is 1. The Morgan fingerprint density at radius 3 is 2.46 bits per heavy atom. The molecule has 0 unspecified atom stereocenters. The number of hydrogen-bond donors (Lipinski definition) is 1. The number of hydrogen-bond acceptors (Lipinski definition) is 5. The summed E-state index contributed by atoms with van der Waals surface area (Å²) in [5, 5.41) is 8.90. The molecule has 0 saturated carbocycles. The highest BCUT2D eigenvalue weighted by Crippen LogP contribution is 2.22. The van der Waals surface area contributed by atoms with Gasteiger partial charge in [0, 0.05) is 18.2 Å². The number of carbonyl (C=O) groups excluding carboxylic acids is 1. The predicted octanol–water partition coefficient (Wildman–Crippen LogP) is 3.28. The molecule has 0 atom stereocenters. The zero-order chi connectivity index (χ0) is 19.3.